The van der Waals surface area contributed by atoms with Crippen LogP contribution < -0.4 is 13.9 Å². The van der Waals surface area contributed by atoms with Crippen molar-refractivity contribution in [2.75, 3.05) is 14.2 Å². The van der Waals surface area contributed by atoms with Crippen LogP contribution in [0, 0.1) is 20.8 Å². The zero-order valence-electron chi connectivity index (χ0n) is 21.9. The van der Waals surface area contributed by atoms with Crippen LogP contribution in [-0.4, -0.2) is 14.2 Å². The first-order valence-electron chi connectivity index (χ1n) is 12.6. The molecule has 182 valence electrons. The van der Waals surface area contributed by atoms with E-state index in [1.54, 1.807) is 14.2 Å². The van der Waals surface area contributed by atoms with E-state index < -0.39 is 0 Å². The zero-order chi connectivity index (χ0) is 25.7. The average Bonchev–Trinajstić information content (AvgIpc) is 2.94. The molecule has 0 atom stereocenters. The minimum Gasteiger partial charge on any atom is -0.493 e. The van der Waals surface area contributed by atoms with Crippen molar-refractivity contribution in [2.45, 2.75) is 20.8 Å². The zero-order valence-corrected chi connectivity index (χ0v) is 21.9. The van der Waals surface area contributed by atoms with E-state index in [4.69, 9.17) is 9.47 Å². The molecular formula is C34H30NO2+. The molecule has 0 amide bonds. The van der Waals surface area contributed by atoms with Crippen LogP contribution >= 0.6 is 0 Å². The Bertz CT molecular complexity index is 1800. The summed E-state index contributed by atoms with van der Waals surface area (Å²) in [4.78, 5) is 0. The molecule has 0 saturated heterocycles. The van der Waals surface area contributed by atoms with E-state index in [0.29, 0.717) is 0 Å². The van der Waals surface area contributed by atoms with Gasteiger partial charge in [0.15, 0.2) is 23.4 Å². The third kappa shape index (κ3) is 3.62. The molecule has 4 aromatic carbocycles. The number of nitrogens with zero attached hydrogens (tertiary/aromatic N) is 1. The maximum atomic E-state index is 5.76. The number of hydrogen-bond acceptors (Lipinski definition) is 2. The van der Waals surface area contributed by atoms with E-state index in [2.05, 4.69) is 110 Å². The predicted octanol–water partition coefficient (Wildman–Crippen LogP) is 8.01. The lowest BCUT2D eigenvalue weighted by atomic mass is 9.89. The Balaban J connectivity index is 1.65. The van der Waals surface area contributed by atoms with Gasteiger partial charge in [0.05, 0.1) is 25.0 Å². The van der Waals surface area contributed by atoms with E-state index >= 15 is 0 Å². The molecule has 3 nitrogen and oxygen atoms in total. The fourth-order valence-corrected chi connectivity index (χ4v) is 5.62. The fourth-order valence-electron chi connectivity index (χ4n) is 5.62. The largest absolute Gasteiger partial charge is 0.493 e. The SMILES string of the molecule is COc1ccc2c(cc[n+]3c(C)c4cc(C)c(C)c(-c5ccc(-c6ccccc6)cc5)c4cc23)c1OC. The second-order valence-electron chi connectivity index (χ2n) is 9.66. The van der Waals surface area contributed by atoms with Gasteiger partial charge in [0.2, 0.25) is 5.52 Å². The average molecular weight is 485 g/mol. The molecule has 2 heterocycles. The third-order valence-electron chi connectivity index (χ3n) is 7.71. The van der Waals surface area contributed by atoms with Gasteiger partial charge in [-0.15, -0.1) is 0 Å². The number of methoxy groups -OCH3 is 2. The van der Waals surface area contributed by atoms with Crippen LogP contribution in [0.3, 0.4) is 0 Å². The van der Waals surface area contributed by atoms with Crippen LogP contribution in [0.5, 0.6) is 11.5 Å². The van der Waals surface area contributed by atoms with E-state index in [0.717, 1.165) is 27.8 Å². The number of pyridine rings is 2. The molecule has 0 aliphatic heterocycles. The Morgan fingerprint density at radius 3 is 2.00 bits per heavy atom. The molecule has 37 heavy (non-hydrogen) atoms. The number of ether oxygens (including phenoxy) is 2. The Morgan fingerprint density at radius 2 is 1.30 bits per heavy atom. The molecule has 6 aromatic rings. The Kier molecular flexibility index (Phi) is 5.57. The number of benzene rings is 4. The van der Waals surface area contributed by atoms with Crippen LogP contribution in [0.1, 0.15) is 16.8 Å². The summed E-state index contributed by atoms with van der Waals surface area (Å²) in [7, 11) is 3.38. The summed E-state index contributed by atoms with van der Waals surface area (Å²) < 4.78 is 13.6. The lowest BCUT2D eigenvalue weighted by molar-refractivity contribution is -0.516. The highest BCUT2D eigenvalue weighted by molar-refractivity contribution is 6.06. The van der Waals surface area contributed by atoms with E-state index in [1.165, 1.54) is 49.8 Å². The quantitative estimate of drug-likeness (QED) is 0.144. The van der Waals surface area contributed by atoms with Crippen LogP contribution in [0.25, 0.3) is 49.3 Å². The molecule has 0 aliphatic rings. The number of hydrogen-bond donors (Lipinski definition) is 0. The third-order valence-corrected chi connectivity index (χ3v) is 7.71. The normalized spacial score (nSPS) is 11.4. The van der Waals surface area contributed by atoms with Gasteiger partial charge in [-0.05, 0) is 65.4 Å². The van der Waals surface area contributed by atoms with Crippen LogP contribution in [0.2, 0.25) is 0 Å². The summed E-state index contributed by atoms with van der Waals surface area (Å²) in [5.41, 5.74) is 9.94. The molecule has 3 heteroatoms. The smallest absolute Gasteiger partial charge is 0.219 e. The van der Waals surface area contributed by atoms with Crippen molar-refractivity contribution in [2.24, 2.45) is 0 Å². The van der Waals surface area contributed by atoms with Gasteiger partial charge in [0, 0.05) is 29.8 Å². The summed E-state index contributed by atoms with van der Waals surface area (Å²) in [5.74, 6) is 1.50. The summed E-state index contributed by atoms with van der Waals surface area (Å²) in [5, 5.41) is 4.70. The first-order valence-corrected chi connectivity index (χ1v) is 12.6. The maximum absolute atomic E-state index is 5.76. The van der Waals surface area contributed by atoms with Crippen LogP contribution in [0.4, 0.5) is 0 Å². The number of fused-ring (bicyclic) bond motifs is 4. The summed E-state index contributed by atoms with van der Waals surface area (Å²) in [6.07, 6.45) is 2.14. The first-order chi connectivity index (χ1) is 18.0. The molecule has 0 radical (unpaired) electrons. The van der Waals surface area contributed by atoms with E-state index in [-0.39, 0.29) is 0 Å². The van der Waals surface area contributed by atoms with Crippen molar-refractivity contribution in [3.63, 3.8) is 0 Å². The van der Waals surface area contributed by atoms with E-state index in [9.17, 15) is 0 Å². The molecule has 6 rings (SSSR count). The summed E-state index contributed by atoms with van der Waals surface area (Å²) in [6.45, 7) is 6.65. The molecule has 0 bridgehead atoms. The number of rotatable bonds is 4. The first kappa shape index (κ1) is 23.1. The monoisotopic (exact) mass is 484 g/mol. The highest BCUT2D eigenvalue weighted by atomic mass is 16.5. The number of aryl methyl sites for hydroxylation is 2. The van der Waals surface area contributed by atoms with Crippen molar-refractivity contribution in [3.8, 4) is 33.8 Å². The van der Waals surface area contributed by atoms with Crippen molar-refractivity contribution < 1.29 is 13.9 Å². The Labute approximate surface area is 217 Å². The fraction of sp³-hybridized carbons (Fsp3) is 0.147. The van der Waals surface area contributed by atoms with Crippen molar-refractivity contribution in [1.29, 1.82) is 0 Å². The van der Waals surface area contributed by atoms with Gasteiger partial charge in [-0.25, -0.2) is 0 Å². The second-order valence-corrected chi connectivity index (χ2v) is 9.66. The molecule has 0 N–H and O–H groups in total. The summed E-state index contributed by atoms with van der Waals surface area (Å²) >= 11 is 0. The molecule has 0 fully saturated rings. The molecule has 0 unspecified atom stereocenters. The number of aromatic nitrogens is 1. The van der Waals surface area contributed by atoms with Crippen molar-refractivity contribution in [3.05, 3.63) is 108 Å². The highest BCUT2D eigenvalue weighted by Crippen LogP contribution is 2.39. The Hall–Kier alpha value is -4.37. The molecule has 2 aromatic heterocycles. The topological polar surface area (TPSA) is 22.6 Å². The van der Waals surface area contributed by atoms with Crippen LogP contribution in [-0.2, 0) is 0 Å². The van der Waals surface area contributed by atoms with Gasteiger partial charge >= 0.3 is 0 Å². The lowest BCUT2D eigenvalue weighted by Gasteiger charge is -2.16. The Morgan fingerprint density at radius 1 is 0.595 bits per heavy atom. The van der Waals surface area contributed by atoms with Gasteiger partial charge in [-0.2, -0.15) is 4.40 Å². The lowest BCUT2D eigenvalue weighted by Crippen LogP contribution is -2.26. The second kappa shape index (κ2) is 8.94. The van der Waals surface area contributed by atoms with Gasteiger partial charge in [-0.3, -0.25) is 0 Å². The van der Waals surface area contributed by atoms with Gasteiger partial charge < -0.3 is 9.47 Å². The van der Waals surface area contributed by atoms with Crippen LogP contribution in [0.15, 0.2) is 91.1 Å². The highest BCUT2D eigenvalue weighted by Gasteiger charge is 2.21. The molecule has 0 aliphatic carbocycles. The van der Waals surface area contributed by atoms with Gasteiger partial charge in [-0.1, -0.05) is 54.6 Å². The van der Waals surface area contributed by atoms with Crippen molar-refractivity contribution in [1.82, 2.24) is 0 Å². The summed E-state index contributed by atoms with van der Waals surface area (Å²) in [6, 6.07) is 30.4. The van der Waals surface area contributed by atoms with Crippen molar-refractivity contribution >= 4 is 27.1 Å². The maximum Gasteiger partial charge on any atom is 0.219 e. The minimum absolute atomic E-state index is 0.738. The standard InChI is InChI=1S/C34H30NO2/c1-21-19-29-23(3)35-18-17-28-27(15-16-32(36-4)34(28)37-5)31(35)20-30(29)33(22(21)2)26-13-11-25(12-14-26)24-9-7-6-8-10-24/h6-20H,1-5H3/q+1. The minimum atomic E-state index is 0.738. The molecule has 0 spiro atoms. The van der Waals surface area contributed by atoms with E-state index in [1.807, 2.05) is 6.07 Å². The molecular weight excluding hydrogens is 454 g/mol. The van der Waals surface area contributed by atoms with Gasteiger partial charge in [0.25, 0.3) is 0 Å². The molecule has 0 saturated carbocycles. The predicted molar refractivity (Wildman–Crippen MR) is 153 cm³/mol. The van der Waals surface area contributed by atoms with Gasteiger partial charge in [0.1, 0.15) is 0 Å².